The molecule has 46 heavy (non-hydrogen) atoms. The van der Waals surface area contributed by atoms with Crippen LogP contribution in [-0.2, 0) is 4.74 Å². The lowest BCUT2D eigenvalue weighted by Crippen LogP contribution is -2.74. The summed E-state index contributed by atoms with van der Waals surface area (Å²) in [5.41, 5.74) is 0. The van der Waals surface area contributed by atoms with E-state index < -0.39 is 6.10 Å². The predicted octanol–water partition coefficient (Wildman–Crippen LogP) is 7.70. The van der Waals surface area contributed by atoms with Crippen LogP contribution < -0.4 is 16.0 Å². The number of hydrogen-bond acceptors (Lipinski definition) is 6. The lowest BCUT2D eigenvalue weighted by molar-refractivity contribution is -0.113. The van der Waals surface area contributed by atoms with E-state index in [9.17, 15) is 5.11 Å². The van der Waals surface area contributed by atoms with Crippen LogP contribution in [0.25, 0.3) is 0 Å². The molecule has 1 heterocycles. The van der Waals surface area contributed by atoms with E-state index in [4.69, 9.17) is 4.74 Å². The quantitative estimate of drug-likeness (QED) is 0.0964. The molecular weight excluding hydrogens is 568 g/mol. The Balaban J connectivity index is 1.50. The fourth-order valence-electron chi connectivity index (χ4n) is 9.91. The number of aliphatic hydroxyl groups excluding tert-OH is 1. The SMILES string of the molecule is C=CCN(CC=C)CC1C(OCCCCCCCC)CCC(C2NC(C3CCC(C)CC3C)NC(C3CCC(C)CC3C)N2)C1O. The van der Waals surface area contributed by atoms with Gasteiger partial charge in [0, 0.05) is 38.1 Å². The molecule has 12 atom stereocenters. The summed E-state index contributed by atoms with van der Waals surface area (Å²) >= 11 is 0. The third-order valence-corrected chi connectivity index (χ3v) is 12.6. The molecule has 0 aromatic carbocycles. The molecule has 6 heteroatoms. The first-order valence-electron chi connectivity index (χ1n) is 19.8. The number of hydrogen-bond donors (Lipinski definition) is 4. The molecule has 266 valence electrons. The number of rotatable bonds is 17. The first-order chi connectivity index (χ1) is 22.2. The van der Waals surface area contributed by atoms with Crippen LogP contribution in [0.3, 0.4) is 0 Å². The van der Waals surface area contributed by atoms with Crippen molar-refractivity contribution in [3.05, 3.63) is 25.3 Å². The number of aliphatic hydroxyl groups is 1. The van der Waals surface area contributed by atoms with E-state index in [0.29, 0.717) is 23.7 Å². The van der Waals surface area contributed by atoms with E-state index >= 15 is 0 Å². The highest BCUT2D eigenvalue weighted by molar-refractivity contribution is 5.01. The molecule has 3 aliphatic carbocycles. The predicted molar refractivity (Wildman–Crippen MR) is 194 cm³/mol. The molecule has 3 saturated carbocycles. The second-order valence-corrected chi connectivity index (χ2v) is 16.4. The van der Waals surface area contributed by atoms with Crippen LogP contribution in [-0.4, -0.2) is 67.0 Å². The van der Waals surface area contributed by atoms with Crippen LogP contribution >= 0.6 is 0 Å². The van der Waals surface area contributed by atoms with Crippen molar-refractivity contribution in [2.24, 2.45) is 47.3 Å². The van der Waals surface area contributed by atoms with Crippen molar-refractivity contribution < 1.29 is 9.84 Å². The summed E-state index contributed by atoms with van der Waals surface area (Å²) in [7, 11) is 0. The first-order valence-corrected chi connectivity index (χ1v) is 19.8. The third kappa shape index (κ3) is 10.6. The lowest BCUT2D eigenvalue weighted by atomic mass is 9.71. The molecule has 1 saturated heterocycles. The number of nitrogens with zero attached hydrogens (tertiary/aromatic N) is 1. The fraction of sp³-hybridized carbons (Fsp3) is 0.900. The van der Waals surface area contributed by atoms with Crippen LogP contribution in [0.4, 0.5) is 0 Å². The molecule has 0 amide bonds. The van der Waals surface area contributed by atoms with Gasteiger partial charge in [-0.1, -0.05) is 91.7 Å². The summed E-state index contributed by atoms with van der Waals surface area (Å²) in [6.45, 7) is 23.3. The van der Waals surface area contributed by atoms with Crippen LogP contribution in [0, 0.1) is 47.3 Å². The molecular formula is C40H74N4O2. The number of ether oxygens (including phenoxy) is 1. The molecule has 12 unspecified atom stereocenters. The van der Waals surface area contributed by atoms with Crippen LogP contribution in [0.15, 0.2) is 25.3 Å². The zero-order valence-electron chi connectivity index (χ0n) is 30.6. The molecule has 0 aromatic rings. The Morgan fingerprint density at radius 3 is 1.72 bits per heavy atom. The summed E-state index contributed by atoms with van der Waals surface area (Å²) < 4.78 is 6.65. The molecule has 0 spiro atoms. The molecule has 4 fully saturated rings. The topological polar surface area (TPSA) is 68.8 Å². The minimum atomic E-state index is -0.433. The van der Waals surface area contributed by atoms with Gasteiger partial charge >= 0.3 is 0 Å². The number of unbranched alkanes of at least 4 members (excludes halogenated alkanes) is 5. The Morgan fingerprint density at radius 2 is 1.20 bits per heavy atom. The van der Waals surface area contributed by atoms with Crippen LogP contribution in [0.2, 0.25) is 0 Å². The highest BCUT2D eigenvalue weighted by Crippen LogP contribution is 2.41. The summed E-state index contributed by atoms with van der Waals surface area (Å²) in [5.74, 6) is 4.52. The van der Waals surface area contributed by atoms with Gasteiger partial charge in [0.1, 0.15) is 0 Å². The van der Waals surface area contributed by atoms with Gasteiger partial charge in [0.15, 0.2) is 0 Å². The summed E-state index contributed by atoms with van der Waals surface area (Å²) in [6.07, 6.45) is 21.7. The van der Waals surface area contributed by atoms with E-state index in [2.05, 4.69) is 68.6 Å². The Bertz CT molecular complexity index is 841. The highest BCUT2D eigenvalue weighted by Gasteiger charge is 2.48. The van der Waals surface area contributed by atoms with Crippen molar-refractivity contribution in [3.63, 3.8) is 0 Å². The van der Waals surface area contributed by atoms with Gasteiger partial charge in [-0.05, 0) is 80.5 Å². The van der Waals surface area contributed by atoms with Gasteiger partial charge in [0.2, 0.25) is 0 Å². The second kappa shape index (κ2) is 19.4. The molecule has 4 aliphatic rings. The summed E-state index contributed by atoms with van der Waals surface area (Å²) in [5, 5.41) is 24.7. The van der Waals surface area contributed by atoms with Crippen molar-refractivity contribution >= 4 is 0 Å². The standard InChI is InChI=1S/C40H74N4O2/c1-8-11-12-13-14-15-24-46-36-21-20-34(37(45)35(36)27-44(22-9-2)23-10-3)40-42-38(32-18-16-28(4)25-30(32)6)41-39(43-40)33-19-17-29(5)26-31(33)7/h9-10,28-43,45H,2-3,8,11-27H2,1,4-7H3. The molecule has 6 nitrogen and oxygen atoms in total. The smallest absolute Gasteiger partial charge is 0.0661 e. The van der Waals surface area contributed by atoms with Gasteiger partial charge < -0.3 is 9.84 Å². The highest BCUT2D eigenvalue weighted by atomic mass is 16.5. The fourth-order valence-corrected chi connectivity index (χ4v) is 9.91. The normalized spacial score (nSPS) is 40.5. The van der Waals surface area contributed by atoms with Gasteiger partial charge in [-0.3, -0.25) is 20.9 Å². The van der Waals surface area contributed by atoms with Gasteiger partial charge in [-0.25, -0.2) is 0 Å². The zero-order valence-corrected chi connectivity index (χ0v) is 30.6. The van der Waals surface area contributed by atoms with Gasteiger partial charge in [0.05, 0.1) is 30.7 Å². The largest absolute Gasteiger partial charge is 0.392 e. The Hall–Kier alpha value is -0.760. The maximum absolute atomic E-state index is 12.3. The van der Waals surface area contributed by atoms with Crippen molar-refractivity contribution in [3.8, 4) is 0 Å². The van der Waals surface area contributed by atoms with E-state index in [1.165, 1.54) is 70.6 Å². The Morgan fingerprint density at radius 1 is 0.696 bits per heavy atom. The average Bonchev–Trinajstić information content (AvgIpc) is 3.02. The summed E-state index contributed by atoms with van der Waals surface area (Å²) in [4.78, 5) is 2.38. The van der Waals surface area contributed by atoms with Gasteiger partial charge in [-0.2, -0.15) is 0 Å². The van der Waals surface area contributed by atoms with Crippen molar-refractivity contribution in [1.29, 1.82) is 0 Å². The molecule has 0 radical (unpaired) electrons. The number of nitrogens with one attached hydrogen (secondary N) is 3. The van der Waals surface area contributed by atoms with Gasteiger partial charge in [-0.15, -0.1) is 13.2 Å². The van der Waals surface area contributed by atoms with Gasteiger partial charge in [0.25, 0.3) is 0 Å². The maximum Gasteiger partial charge on any atom is 0.0661 e. The molecule has 1 aliphatic heterocycles. The van der Waals surface area contributed by atoms with Crippen LogP contribution in [0.5, 0.6) is 0 Å². The first kappa shape index (κ1) is 38.0. The molecule has 4 rings (SSSR count). The lowest BCUT2D eigenvalue weighted by Gasteiger charge is -2.53. The zero-order chi connectivity index (χ0) is 33.1. The van der Waals surface area contributed by atoms with E-state index in [1.54, 1.807) is 0 Å². The van der Waals surface area contributed by atoms with E-state index in [-0.39, 0.29) is 36.4 Å². The third-order valence-electron chi connectivity index (χ3n) is 12.6. The van der Waals surface area contributed by atoms with E-state index in [0.717, 1.165) is 57.3 Å². The minimum absolute atomic E-state index is 0.0676. The Kier molecular flexibility index (Phi) is 16.1. The minimum Gasteiger partial charge on any atom is -0.392 e. The second-order valence-electron chi connectivity index (χ2n) is 16.4. The molecule has 0 bridgehead atoms. The molecule has 4 N–H and O–H groups in total. The van der Waals surface area contributed by atoms with Crippen molar-refractivity contribution in [1.82, 2.24) is 20.9 Å². The average molecular weight is 643 g/mol. The van der Waals surface area contributed by atoms with E-state index in [1.807, 2.05) is 12.2 Å². The monoisotopic (exact) mass is 643 g/mol. The molecule has 0 aromatic heterocycles. The van der Waals surface area contributed by atoms with Crippen molar-refractivity contribution in [2.75, 3.05) is 26.2 Å². The maximum atomic E-state index is 12.3. The summed E-state index contributed by atoms with van der Waals surface area (Å²) in [6, 6.07) is 0. The van der Waals surface area contributed by atoms with Crippen molar-refractivity contribution in [2.45, 2.75) is 155 Å². The Labute approximate surface area is 284 Å². The van der Waals surface area contributed by atoms with Crippen LogP contribution in [0.1, 0.15) is 125 Å².